The number of nitrogens with zero attached hydrogens (tertiary/aromatic N) is 7. The van der Waals surface area contributed by atoms with Crippen molar-refractivity contribution in [1.82, 2.24) is 19.2 Å². The van der Waals surface area contributed by atoms with E-state index in [4.69, 9.17) is 5.53 Å². The van der Waals surface area contributed by atoms with Gasteiger partial charge < -0.3 is 4.74 Å². The molecule has 2 aromatic heterocycles. The normalized spacial score (nSPS) is 12.4. The fourth-order valence-electron chi connectivity index (χ4n) is 2.79. The molecule has 11 heteroatoms. The van der Waals surface area contributed by atoms with Gasteiger partial charge in [0.15, 0.2) is 5.65 Å². The number of alkyl halides is 2. The molecule has 146 valence electrons. The molecular weight excluding hydrogens is 372 g/mol. The highest BCUT2D eigenvalue weighted by atomic mass is 19.3. The smallest absolute Gasteiger partial charge is 0.388 e. The van der Waals surface area contributed by atoms with Crippen LogP contribution >= 0.6 is 0 Å². The third-order valence-corrected chi connectivity index (χ3v) is 4.05. The summed E-state index contributed by atoms with van der Waals surface area (Å²) in [5, 5.41) is 7.54. The predicted molar refractivity (Wildman–Crippen MR) is 96.1 cm³/mol. The van der Waals surface area contributed by atoms with Gasteiger partial charge in [0.25, 0.3) is 0 Å². The summed E-state index contributed by atoms with van der Waals surface area (Å²) in [6.45, 7) is 0.712. The topological polar surface area (TPSA) is 110 Å². The quantitative estimate of drug-likeness (QED) is 0.349. The van der Waals surface area contributed by atoms with Crippen LogP contribution < -0.4 is 10.4 Å². The zero-order chi connectivity index (χ0) is 20.3. The number of hydrogen-bond donors (Lipinski definition) is 0. The fraction of sp³-hybridized carbons (Fsp3) is 0.353. The Hall–Kier alpha value is -3.46. The van der Waals surface area contributed by atoms with Gasteiger partial charge >= 0.3 is 12.3 Å². The molecule has 0 amide bonds. The van der Waals surface area contributed by atoms with Crippen molar-refractivity contribution in [2.45, 2.75) is 33.0 Å². The lowest BCUT2D eigenvalue weighted by molar-refractivity contribution is -0.0530. The van der Waals surface area contributed by atoms with E-state index >= 15 is 0 Å². The highest BCUT2D eigenvalue weighted by Gasteiger charge is 2.24. The number of azide groups is 1. The average molecular weight is 389 g/mol. The van der Waals surface area contributed by atoms with E-state index < -0.39 is 24.2 Å². The van der Waals surface area contributed by atoms with Crippen molar-refractivity contribution < 1.29 is 13.5 Å². The number of benzene rings is 1. The Bertz CT molecular complexity index is 1070. The first-order valence-corrected chi connectivity index (χ1v) is 8.44. The standard InChI is InChI=1S/C17H17F2N7O2/c1-10(2)14(22-24-20)15-21-12-8-13(28-16(18)19)23-26(12)17(27)25(15)9-11-6-4-3-5-7-11/h3-8,10,14,16H,9H2,1-2H3. The van der Waals surface area contributed by atoms with E-state index in [0.29, 0.717) is 0 Å². The van der Waals surface area contributed by atoms with Gasteiger partial charge in [0.05, 0.1) is 12.6 Å². The van der Waals surface area contributed by atoms with Crippen molar-refractivity contribution in [3.8, 4) is 5.88 Å². The Balaban J connectivity index is 2.23. The molecule has 0 N–H and O–H groups in total. The SMILES string of the molecule is CC(C)C(N=[N+]=[N-])c1nc2cc(OC(F)F)nn2c(=O)n1Cc1ccccc1. The molecule has 0 saturated carbocycles. The van der Waals surface area contributed by atoms with Crippen LogP contribution in [-0.2, 0) is 6.54 Å². The van der Waals surface area contributed by atoms with Crippen LogP contribution in [0.1, 0.15) is 31.3 Å². The average Bonchev–Trinajstić information content (AvgIpc) is 3.04. The minimum Gasteiger partial charge on any atom is -0.415 e. The Kier molecular flexibility index (Phi) is 5.55. The summed E-state index contributed by atoms with van der Waals surface area (Å²) >= 11 is 0. The lowest BCUT2D eigenvalue weighted by atomic mass is 10.0. The number of fused-ring (bicyclic) bond motifs is 1. The molecule has 9 nitrogen and oxygen atoms in total. The summed E-state index contributed by atoms with van der Waals surface area (Å²) in [7, 11) is 0. The Morgan fingerprint density at radius 2 is 2.00 bits per heavy atom. The van der Waals surface area contributed by atoms with Gasteiger partial charge in [0.2, 0.25) is 5.88 Å². The first-order valence-electron chi connectivity index (χ1n) is 8.44. The first kappa shape index (κ1) is 19.3. The van der Waals surface area contributed by atoms with Crippen LogP contribution in [0.2, 0.25) is 0 Å². The molecule has 3 rings (SSSR count). The van der Waals surface area contributed by atoms with Crippen LogP contribution in [0.15, 0.2) is 46.3 Å². The number of ether oxygens (including phenoxy) is 1. The molecule has 1 atom stereocenters. The molecule has 28 heavy (non-hydrogen) atoms. The Morgan fingerprint density at radius 1 is 1.29 bits per heavy atom. The van der Waals surface area contributed by atoms with Crippen molar-refractivity contribution in [2.75, 3.05) is 0 Å². The van der Waals surface area contributed by atoms with Gasteiger partial charge in [-0.15, -0.1) is 5.10 Å². The number of rotatable bonds is 7. The molecule has 0 spiro atoms. The second-order valence-corrected chi connectivity index (χ2v) is 6.35. The van der Waals surface area contributed by atoms with Gasteiger partial charge in [0, 0.05) is 11.0 Å². The molecule has 0 bridgehead atoms. The first-order chi connectivity index (χ1) is 13.4. The highest BCUT2D eigenvalue weighted by molar-refractivity contribution is 5.41. The van der Waals surface area contributed by atoms with E-state index in [9.17, 15) is 13.6 Å². The van der Waals surface area contributed by atoms with Gasteiger partial charge in [-0.3, -0.25) is 4.57 Å². The lowest BCUT2D eigenvalue weighted by Crippen LogP contribution is -2.33. The maximum Gasteiger partial charge on any atom is 0.388 e. The van der Waals surface area contributed by atoms with Crippen molar-refractivity contribution in [3.63, 3.8) is 0 Å². The molecule has 0 aliphatic carbocycles. The molecule has 1 aromatic carbocycles. The molecule has 0 aliphatic rings. The maximum atomic E-state index is 13.0. The second-order valence-electron chi connectivity index (χ2n) is 6.35. The number of aromatic nitrogens is 4. The Labute approximate surface area is 157 Å². The third kappa shape index (κ3) is 3.94. The molecular formula is C17H17F2N7O2. The molecule has 0 radical (unpaired) electrons. The number of hydrogen-bond acceptors (Lipinski definition) is 5. The third-order valence-electron chi connectivity index (χ3n) is 4.05. The zero-order valence-corrected chi connectivity index (χ0v) is 15.1. The van der Waals surface area contributed by atoms with Crippen LogP contribution in [0.25, 0.3) is 16.1 Å². The maximum absolute atomic E-state index is 13.0. The minimum absolute atomic E-state index is 0.0266. The number of halogens is 2. The van der Waals surface area contributed by atoms with E-state index in [1.54, 1.807) is 0 Å². The van der Waals surface area contributed by atoms with Gasteiger partial charge in [-0.25, -0.2) is 9.78 Å². The van der Waals surface area contributed by atoms with Gasteiger partial charge in [-0.1, -0.05) is 49.3 Å². The molecule has 3 aromatic rings. The molecule has 0 fully saturated rings. The summed E-state index contributed by atoms with van der Waals surface area (Å²) in [4.78, 5) is 20.3. The fourth-order valence-corrected chi connectivity index (χ4v) is 2.79. The summed E-state index contributed by atoms with van der Waals surface area (Å²) in [6, 6.07) is 9.54. The van der Waals surface area contributed by atoms with Crippen molar-refractivity contribution >= 4 is 5.65 Å². The highest BCUT2D eigenvalue weighted by Crippen LogP contribution is 2.25. The summed E-state index contributed by atoms with van der Waals surface area (Å²) in [6.07, 6.45) is 0. The molecule has 0 aliphatic heterocycles. The van der Waals surface area contributed by atoms with Gasteiger partial charge in [-0.2, -0.15) is 13.3 Å². The van der Waals surface area contributed by atoms with Crippen LogP contribution in [0.4, 0.5) is 8.78 Å². The van der Waals surface area contributed by atoms with Crippen molar-refractivity contribution in [3.05, 3.63) is 68.7 Å². The van der Waals surface area contributed by atoms with E-state index in [-0.39, 0.29) is 23.9 Å². The molecule has 2 heterocycles. The van der Waals surface area contributed by atoms with Crippen LogP contribution in [0.5, 0.6) is 5.88 Å². The summed E-state index contributed by atoms with van der Waals surface area (Å²) in [5.41, 5.74) is 9.17. The largest absolute Gasteiger partial charge is 0.415 e. The van der Waals surface area contributed by atoms with Crippen LogP contribution in [0, 0.1) is 5.92 Å². The molecule has 1 unspecified atom stereocenters. The van der Waals surface area contributed by atoms with Crippen molar-refractivity contribution in [1.29, 1.82) is 0 Å². The van der Waals surface area contributed by atoms with E-state index in [2.05, 4.69) is 24.8 Å². The second kappa shape index (κ2) is 8.05. The lowest BCUT2D eigenvalue weighted by Gasteiger charge is -2.19. The van der Waals surface area contributed by atoms with Crippen LogP contribution in [-0.4, -0.2) is 25.8 Å². The van der Waals surface area contributed by atoms with Gasteiger partial charge in [0.1, 0.15) is 5.82 Å². The van der Waals surface area contributed by atoms with Crippen molar-refractivity contribution in [2.24, 2.45) is 11.0 Å². The monoisotopic (exact) mass is 389 g/mol. The van der Waals surface area contributed by atoms with E-state index in [1.807, 2.05) is 44.2 Å². The summed E-state index contributed by atoms with van der Waals surface area (Å²) < 4.78 is 31.5. The van der Waals surface area contributed by atoms with E-state index in [0.717, 1.165) is 16.1 Å². The molecule has 0 saturated heterocycles. The van der Waals surface area contributed by atoms with Gasteiger partial charge in [-0.05, 0) is 17.0 Å². The predicted octanol–water partition coefficient (Wildman–Crippen LogP) is 3.55. The minimum atomic E-state index is -3.08. The zero-order valence-electron chi connectivity index (χ0n) is 15.1. The van der Waals surface area contributed by atoms with Crippen LogP contribution in [0.3, 0.4) is 0 Å². The summed E-state index contributed by atoms with van der Waals surface area (Å²) in [5.74, 6) is -0.363. The van der Waals surface area contributed by atoms with E-state index in [1.165, 1.54) is 4.57 Å². The Morgan fingerprint density at radius 3 is 2.61 bits per heavy atom.